The molecule has 3 N–H and O–H groups in total. The number of hydrogen-bond donors (Lipinski definition) is 2. The predicted molar refractivity (Wildman–Crippen MR) is 75.8 cm³/mol. The molecular formula is C15H20N2O3. The number of benzene rings is 1. The van der Waals surface area contributed by atoms with Crippen LogP contribution in [0, 0.1) is 0 Å². The maximum atomic E-state index is 12.3. The normalized spacial score (nSPS) is 27.6. The van der Waals surface area contributed by atoms with E-state index in [1.165, 1.54) is 0 Å². The molecule has 1 aromatic rings. The van der Waals surface area contributed by atoms with E-state index < -0.39 is 0 Å². The highest BCUT2D eigenvalue weighted by atomic mass is 16.5. The summed E-state index contributed by atoms with van der Waals surface area (Å²) in [6.45, 7) is 2.44. The number of amides is 1. The molecule has 20 heavy (non-hydrogen) atoms. The quantitative estimate of drug-likeness (QED) is 0.821. The van der Waals surface area contributed by atoms with Gasteiger partial charge in [-0.1, -0.05) is 0 Å². The summed E-state index contributed by atoms with van der Waals surface area (Å²) in [6.07, 6.45) is 3.57. The van der Waals surface area contributed by atoms with Crippen LogP contribution in [-0.4, -0.2) is 30.8 Å². The van der Waals surface area contributed by atoms with Gasteiger partial charge in [0, 0.05) is 17.3 Å². The number of nitrogen functional groups attached to an aromatic ring is 1. The van der Waals surface area contributed by atoms with Crippen LogP contribution < -0.4 is 15.8 Å². The van der Waals surface area contributed by atoms with Crippen LogP contribution in [0.3, 0.4) is 0 Å². The fourth-order valence-corrected chi connectivity index (χ4v) is 3.04. The number of carbonyl (C=O) groups excluding carboxylic acids is 1. The van der Waals surface area contributed by atoms with Gasteiger partial charge >= 0.3 is 0 Å². The van der Waals surface area contributed by atoms with E-state index in [1.807, 2.05) is 6.92 Å². The van der Waals surface area contributed by atoms with E-state index >= 15 is 0 Å². The highest BCUT2D eigenvalue weighted by molar-refractivity contribution is 5.95. The molecule has 2 aliphatic heterocycles. The largest absolute Gasteiger partial charge is 0.494 e. The summed E-state index contributed by atoms with van der Waals surface area (Å²) in [5.74, 6) is 0.515. The van der Waals surface area contributed by atoms with Crippen molar-refractivity contribution in [3.8, 4) is 5.75 Å². The number of anilines is 1. The number of fused-ring (bicyclic) bond motifs is 2. The van der Waals surface area contributed by atoms with Crippen LogP contribution >= 0.6 is 0 Å². The zero-order valence-electron chi connectivity index (χ0n) is 11.6. The van der Waals surface area contributed by atoms with Gasteiger partial charge in [-0.3, -0.25) is 4.79 Å². The van der Waals surface area contributed by atoms with E-state index in [0.29, 0.717) is 29.7 Å². The highest BCUT2D eigenvalue weighted by Gasteiger charge is 2.41. The van der Waals surface area contributed by atoms with Crippen LogP contribution in [-0.2, 0) is 4.74 Å². The van der Waals surface area contributed by atoms with Gasteiger partial charge in [-0.15, -0.1) is 0 Å². The Labute approximate surface area is 118 Å². The Morgan fingerprint density at radius 2 is 2.30 bits per heavy atom. The maximum Gasteiger partial charge on any atom is 0.251 e. The standard InChI is InChI=1S/C15H20N2O3/c1-2-19-12-6-9(5-10(16)7-12)15(18)17-13-8-11-3-4-14(13)20-11/h5-7,11,13-14H,2-4,8,16H2,1H3,(H,17,18). The molecule has 0 aromatic heterocycles. The molecule has 0 aliphatic carbocycles. The van der Waals surface area contributed by atoms with Crippen molar-refractivity contribution < 1.29 is 14.3 Å². The van der Waals surface area contributed by atoms with Crippen LogP contribution in [0.2, 0.25) is 0 Å². The predicted octanol–water partition coefficient (Wildman–Crippen LogP) is 1.72. The van der Waals surface area contributed by atoms with Crippen molar-refractivity contribution in [3.05, 3.63) is 23.8 Å². The Morgan fingerprint density at radius 3 is 2.95 bits per heavy atom. The van der Waals surface area contributed by atoms with Crippen molar-refractivity contribution in [1.82, 2.24) is 5.32 Å². The minimum Gasteiger partial charge on any atom is -0.494 e. The number of nitrogens with one attached hydrogen (secondary N) is 1. The Bertz CT molecular complexity index is 518. The Kier molecular flexibility index (Phi) is 3.53. The van der Waals surface area contributed by atoms with E-state index in [0.717, 1.165) is 19.3 Å². The van der Waals surface area contributed by atoms with Crippen LogP contribution in [0.25, 0.3) is 0 Å². The average molecular weight is 276 g/mol. The summed E-state index contributed by atoms with van der Waals surface area (Å²) in [4.78, 5) is 12.3. The van der Waals surface area contributed by atoms with E-state index in [-0.39, 0.29) is 18.1 Å². The molecule has 2 fully saturated rings. The lowest BCUT2D eigenvalue weighted by molar-refractivity contribution is 0.0840. The van der Waals surface area contributed by atoms with Crippen LogP contribution in [0.15, 0.2) is 18.2 Å². The summed E-state index contributed by atoms with van der Waals surface area (Å²) >= 11 is 0. The molecule has 0 spiro atoms. The number of rotatable bonds is 4. The molecule has 5 heteroatoms. The highest BCUT2D eigenvalue weighted by Crippen LogP contribution is 2.34. The third kappa shape index (κ3) is 2.58. The molecule has 1 aromatic carbocycles. The molecule has 2 saturated heterocycles. The van der Waals surface area contributed by atoms with Gasteiger partial charge in [-0.2, -0.15) is 0 Å². The first-order valence-corrected chi connectivity index (χ1v) is 7.15. The first-order chi connectivity index (χ1) is 9.65. The van der Waals surface area contributed by atoms with Crippen molar-refractivity contribution in [1.29, 1.82) is 0 Å². The van der Waals surface area contributed by atoms with Gasteiger partial charge in [0.05, 0.1) is 24.9 Å². The first kappa shape index (κ1) is 13.2. The third-order valence-electron chi connectivity index (χ3n) is 3.92. The Balaban J connectivity index is 1.70. The molecule has 0 radical (unpaired) electrons. The lowest BCUT2D eigenvalue weighted by atomic mass is 9.95. The molecule has 5 nitrogen and oxygen atoms in total. The van der Waals surface area contributed by atoms with E-state index in [4.69, 9.17) is 15.2 Å². The first-order valence-electron chi connectivity index (χ1n) is 7.15. The van der Waals surface area contributed by atoms with Crippen molar-refractivity contribution in [3.63, 3.8) is 0 Å². The van der Waals surface area contributed by atoms with Crippen molar-refractivity contribution in [2.45, 2.75) is 44.4 Å². The second kappa shape index (κ2) is 5.32. The Morgan fingerprint density at radius 1 is 1.45 bits per heavy atom. The molecule has 2 bridgehead atoms. The molecule has 3 rings (SSSR count). The van der Waals surface area contributed by atoms with E-state index in [1.54, 1.807) is 18.2 Å². The minimum absolute atomic E-state index is 0.112. The van der Waals surface area contributed by atoms with E-state index in [2.05, 4.69) is 5.32 Å². The molecule has 2 heterocycles. The van der Waals surface area contributed by atoms with E-state index in [9.17, 15) is 4.79 Å². The van der Waals surface area contributed by atoms with Gasteiger partial charge in [-0.05, 0) is 38.3 Å². The second-order valence-corrected chi connectivity index (χ2v) is 5.41. The molecule has 0 saturated carbocycles. The summed E-state index contributed by atoms with van der Waals surface area (Å²) < 4.78 is 11.2. The van der Waals surface area contributed by atoms with Crippen LogP contribution in [0.4, 0.5) is 5.69 Å². The van der Waals surface area contributed by atoms with Crippen molar-refractivity contribution in [2.75, 3.05) is 12.3 Å². The molecule has 2 aliphatic rings. The molecule has 3 unspecified atom stereocenters. The number of hydrogen-bond acceptors (Lipinski definition) is 4. The number of nitrogens with two attached hydrogens (primary N) is 1. The second-order valence-electron chi connectivity index (χ2n) is 5.41. The van der Waals surface area contributed by atoms with Gasteiger partial charge in [0.15, 0.2) is 0 Å². The van der Waals surface area contributed by atoms with Gasteiger partial charge < -0.3 is 20.5 Å². The average Bonchev–Trinajstić information content (AvgIpc) is 3.00. The number of carbonyl (C=O) groups is 1. The lowest BCUT2D eigenvalue weighted by Gasteiger charge is -2.20. The topological polar surface area (TPSA) is 73.6 Å². The zero-order chi connectivity index (χ0) is 14.1. The fraction of sp³-hybridized carbons (Fsp3) is 0.533. The van der Waals surface area contributed by atoms with Crippen LogP contribution in [0.5, 0.6) is 5.75 Å². The summed E-state index contributed by atoms with van der Waals surface area (Å²) in [5, 5.41) is 3.05. The molecular weight excluding hydrogens is 256 g/mol. The maximum absolute atomic E-state index is 12.3. The van der Waals surface area contributed by atoms with Gasteiger partial charge in [0.25, 0.3) is 5.91 Å². The van der Waals surface area contributed by atoms with Crippen LogP contribution in [0.1, 0.15) is 36.5 Å². The van der Waals surface area contributed by atoms with Gasteiger partial charge in [-0.25, -0.2) is 0 Å². The fourth-order valence-electron chi connectivity index (χ4n) is 3.04. The Hall–Kier alpha value is -1.75. The third-order valence-corrected chi connectivity index (χ3v) is 3.92. The van der Waals surface area contributed by atoms with Gasteiger partial charge in [0.1, 0.15) is 5.75 Å². The summed E-state index contributed by atoms with van der Waals surface area (Å²) in [7, 11) is 0. The van der Waals surface area contributed by atoms with Crippen molar-refractivity contribution >= 4 is 11.6 Å². The molecule has 1 amide bonds. The molecule has 3 atom stereocenters. The van der Waals surface area contributed by atoms with Crippen molar-refractivity contribution in [2.24, 2.45) is 0 Å². The SMILES string of the molecule is CCOc1cc(N)cc(C(=O)NC2CC3CCC2O3)c1. The monoisotopic (exact) mass is 276 g/mol. The summed E-state index contributed by atoms with van der Waals surface area (Å²) in [5.41, 5.74) is 6.88. The van der Waals surface area contributed by atoms with Gasteiger partial charge in [0.2, 0.25) is 0 Å². The number of ether oxygens (including phenoxy) is 2. The lowest BCUT2D eigenvalue weighted by Crippen LogP contribution is -2.41. The minimum atomic E-state index is -0.112. The smallest absolute Gasteiger partial charge is 0.251 e. The zero-order valence-corrected chi connectivity index (χ0v) is 11.6. The molecule has 108 valence electrons. The summed E-state index contributed by atoms with van der Waals surface area (Å²) in [6, 6.07) is 5.24.